The fourth-order valence-electron chi connectivity index (χ4n) is 2.40. The third kappa shape index (κ3) is 4.63. The average molecular weight is 264 g/mol. The number of hydrogen-bond acceptors (Lipinski definition) is 3. The van der Waals surface area contributed by atoms with Gasteiger partial charge in [-0.05, 0) is 38.5 Å². The number of rotatable bonds is 6. The van der Waals surface area contributed by atoms with Crippen LogP contribution in [-0.2, 0) is 5.75 Å². The maximum Gasteiger partial charge on any atom is 0.0185 e. The van der Waals surface area contributed by atoms with Gasteiger partial charge in [-0.2, -0.15) is 11.8 Å². The summed E-state index contributed by atoms with van der Waals surface area (Å²) in [7, 11) is 2.08. The molecule has 2 rings (SSSR count). The van der Waals surface area contributed by atoms with Gasteiger partial charge < -0.3 is 10.2 Å². The molecule has 0 aromatic heterocycles. The van der Waals surface area contributed by atoms with Gasteiger partial charge >= 0.3 is 0 Å². The first-order chi connectivity index (χ1) is 8.88. The molecule has 1 aliphatic rings. The van der Waals surface area contributed by atoms with E-state index in [1.54, 1.807) is 0 Å². The molecule has 0 amide bonds. The second-order valence-electron chi connectivity index (χ2n) is 4.94. The minimum Gasteiger partial charge on any atom is -0.317 e. The maximum absolute atomic E-state index is 3.38. The highest BCUT2D eigenvalue weighted by molar-refractivity contribution is 7.98. The Bertz CT molecular complexity index is 321. The third-order valence-corrected chi connectivity index (χ3v) is 4.67. The van der Waals surface area contributed by atoms with Gasteiger partial charge in [-0.3, -0.25) is 0 Å². The number of benzene rings is 1. The minimum atomic E-state index is 0.748. The molecule has 0 unspecified atom stereocenters. The van der Waals surface area contributed by atoms with Crippen molar-refractivity contribution in [2.45, 2.75) is 24.6 Å². The van der Waals surface area contributed by atoms with E-state index in [1.165, 1.54) is 43.8 Å². The molecule has 0 aliphatic carbocycles. The van der Waals surface area contributed by atoms with E-state index in [-0.39, 0.29) is 0 Å². The number of hydrogen-bond donors (Lipinski definition) is 1. The van der Waals surface area contributed by atoms with Crippen molar-refractivity contribution < 1.29 is 0 Å². The molecule has 1 saturated heterocycles. The Kier molecular flexibility index (Phi) is 6.05. The number of nitrogens with zero attached hydrogens (tertiary/aromatic N) is 1. The summed E-state index contributed by atoms with van der Waals surface area (Å²) in [5, 5.41) is 3.38. The molecule has 1 aliphatic heterocycles. The Morgan fingerprint density at radius 3 is 2.61 bits per heavy atom. The van der Waals surface area contributed by atoms with Crippen LogP contribution in [0.15, 0.2) is 30.3 Å². The van der Waals surface area contributed by atoms with Crippen molar-refractivity contribution >= 4 is 11.8 Å². The molecule has 1 heterocycles. The summed E-state index contributed by atoms with van der Waals surface area (Å²) in [6, 6.07) is 11.5. The summed E-state index contributed by atoms with van der Waals surface area (Å²) in [5.74, 6) is 2.40. The predicted molar refractivity (Wildman–Crippen MR) is 81.1 cm³/mol. The lowest BCUT2D eigenvalue weighted by molar-refractivity contribution is 0.212. The van der Waals surface area contributed by atoms with Crippen LogP contribution >= 0.6 is 11.8 Å². The van der Waals surface area contributed by atoms with Gasteiger partial charge in [0.2, 0.25) is 0 Å². The standard InChI is InChI=1S/C15H24N2S/c1-16-15-7-9-17(10-8-15)11-12-18-13-14-5-3-2-4-6-14/h2-6,15-16H,7-13H2,1H3. The van der Waals surface area contributed by atoms with Gasteiger partial charge in [-0.25, -0.2) is 0 Å². The van der Waals surface area contributed by atoms with Gasteiger partial charge in [0.1, 0.15) is 0 Å². The smallest absolute Gasteiger partial charge is 0.0185 e. The van der Waals surface area contributed by atoms with E-state index in [2.05, 4.69) is 47.6 Å². The van der Waals surface area contributed by atoms with Crippen molar-refractivity contribution in [1.29, 1.82) is 0 Å². The van der Waals surface area contributed by atoms with E-state index >= 15 is 0 Å². The van der Waals surface area contributed by atoms with Crippen LogP contribution in [0.3, 0.4) is 0 Å². The Balaban J connectivity index is 1.56. The zero-order valence-corrected chi connectivity index (χ0v) is 12.1. The Morgan fingerprint density at radius 2 is 1.94 bits per heavy atom. The Morgan fingerprint density at radius 1 is 1.22 bits per heavy atom. The SMILES string of the molecule is CNC1CCN(CCSCc2ccccc2)CC1. The van der Waals surface area contributed by atoms with Crippen molar-refractivity contribution in [3.05, 3.63) is 35.9 Å². The van der Waals surface area contributed by atoms with Crippen LogP contribution in [0.5, 0.6) is 0 Å². The first-order valence-corrected chi connectivity index (χ1v) is 8.05. The van der Waals surface area contributed by atoms with Gasteiger partial charge in [-0.1, -0.05) is 30.3 Å². The van der Waals surface area contributed by atoms with E-state index < -0.39 is 0 Å². The third-order valence-electron chi connectivity index (χ3n) is 3.66. The largest absolute Gasteiger partial charge is 0.317 e. The molecule has 1 aromatic rings. The van der Waals surface area contributed by atoms with Gasteiger partial charge in [0.25, 0.3) is 0 Å². The van der Waals surface area contributed by atoms with Crippen LogP contribution in [0.1, 0.15) is 18.4 Å². The fraction of sp³-hybridized carbons (Fsp3) is 0.600. The topological polar surface area (TPSA) is 15.3 Å². The highest BCUT2D eigenvalue weighted by Crippen LogP contribution is 2.14. The summed E-state index contributed by atoms with van der Waals surface area (Å²) in [6.07, 6.45) is 2.61. The molecular weight excluding hydrogens is 240 g/mol. The van der Waals surface area contributed by atoms with Crippen LogP contribution in [0.25, 0.3) is 0 Å². The highest BCUT2D eigenvalue weighted by atomic mass is 32.2. The molecule has 2 nitrogen and oxygen atoms in total. The summed E-state index contributed by atoms with van der Waals surface area (Å²) in [6.45, 7) is 3.77. The zero-order chi connectivity index (χ0) is 12.6. The first kappa shape index (κ1) is 13.9. The molecule has 0 spiro atoms. The van der Waals surface area contributed by atoms with Gasteiger partial charge in [0.05, 0.1) is 0 Å². The van der Waals surface area contributed by atoms with E-state index in [9.17, 15) is 0 Å². The summed E-state index contributed by atoms with van der Waals surface area (Å²) < 4.78 is 0. The molecule has 0 radical (unpaired) electrons. The van der Waals surface area contributed by atoms with Crippen molar-refractivity contribution in [2.24, 2.45) is 0 Å². The molecule has 1 fully saturated rings. The summed E-state index contributed by atoms with van der Waals surface area (Å²) in [5.41, 5.74) is 1.44. The lowest BCUT2D eigenvalue weighted by Crippen LogP contribution is -2.41. The van der Waals surface area contributed by atoms with E-state index in [1.807, 2.05) is 11.8 Å². The Labute approximate surface area is 115 Å². The van der Waals surface area contributed by atoms with Crippen LogP contribution in [-0.4, -0.2) is 43.4 Å². The molecule has 100 valence electrons. The van der Waals surface area contributed by atoms with Crippen molar-refractivity contribution in [2.75, 3.05) is 32.4 Å². The monoisotopic (exact) mass is 264 g/mol. The van der Waals surface area contributed by atoms with Crippen molar-refractivity contribution in [3.63, 3.8) is 0 Å². The molecule has 1 aromatic carbocycles. The van der Waals surface area contributed by atoms with Crippen molar-refractivity contribution in [3.8, 4) is 0 Å². The predicted octanol–water partition coefficient (Wildman–Crippen LogP) is 2.60. The van der Waals surface area contributed by atoms with Crippen LogP contribution in [0.4, 0.5) is 0 Å². The summed E-state index contributed by atoms with van der Waals surface area (Å²) >= 11 is 2.05. The Hall–Kier alpha value is -0.510. The highest BCUT2D eigenvalue weighted by Gasteiger charge is 2.16. The van der Waals surface area contributed by atoms with Gasteiger partial charge in [-0.15, -0.1) is 0 Å². The minimum absolute atomic E-state index is 0.748. The second-order valence-corrected chi connectivity index (χ2v) is 6.05. The molecule has 0 atom stereocenters. The lowest BCUT2D eigenvalue weighted by atomic mass is 10.1. The van der Waals surface area contributed by atoms with E-state index in [4.69, 9.17) is 0 Å². The first-order valence-electron chi connectivity index (χ1n) is 6.90. The molecule has 1 N–H and O–H groups in total. The average Bonchev–Trinajstić information content (AvgIpc) is 2.45. The molecule has 0 saturated carbocycles. The number of nitrogens with one attached hydrogen (secondary N) is 1. The van der Waals surface area contributed by atoms with Gasteiger partial charge in [0, 0.05) is 24.1 Å². The van der Waals surface area contributed by atoms with Crippen molar-refractivity contribution in [1.82, 2.24) is 10.2 Å². The molecule has 3 heteroatoms. The fourth-order valence-corrected chi connectivity index (χ4v) is 3.36. The maximum atomic E-state index is 3.38. The normalized spacial score (nSPS) is 18.1. The molecule has 18 heavy (non-hydrogen) atoms. The molecular formula is C15H24N2S. The number of piperidine rings is 1. The second kappa shape index (κ2) is 7.82. The quantitative estimate of drug-likeness (QED) is 0.795. The van der Waals surface area contributed by atoms with Crippen LogP contribution in [0, 0.1) is 0 Å². The molecule has 0 bridgehead atoms. The van der Waals surface area contributed by atoms with Crippen LogP contribution < -0.4 is 5.32 Å². The number of likely N-dealkylation sites (tertiary alicyclic amines) is 1. The van der Waals surface area contributed by atoms with Gasteiger partial charge in [0.15, 0.2) is 0 Å². The van der Waals surface area contributed by atoms with Crippen LogP contribution in [0.2, 0.25) is 0 Å². The number of thioether (sulfide) groups is 1. The lowest BCUT2D eigenvalue weighted by Gasteiger charge is -2.31. The summed E-state index contributed by atoms with van der Waals surface area (Å²) in [4.78, 5) is 2.60. The van der Waals surface area contributed by atoms with E-state index in [0.29, 0.717) is 0 Å². The van der Waals surface area contributed by atoms with E-state index in [0.717, 1.165) is 11.8 Å². The zero-order valence-electron chi connectivity index (χ0n) is 11.3.